The van der Waals surface area contributed by atoms with Crippen LogP contribution in [0.1, 0.15) is 48.5 Å². The molecule has 0 aromatic rings. The largest absolute Gasteiger partial charge is 0.444 e. The zero-order chi connectivity index (χ0) is 14.8. The lowest BCUT2D eigenvalue weighted by atomic mass is 9.99. The number of carbonyl (C=O) groups excluding carboxylic acids is 1. The normalized spacial score (nSPS) is 22.2. The summed E-state index contributed by atoms with van der Waals surface area (Å²) in [6.07, 6.45) is -0.172. The Balaban J connectivity index is 2.74. The average Bonchev–Trinajstić information content (AvgIpc) is 2.25. The van der Waals surface area contributed by atoms with Crippen molar-refractivity contribution in [2.24, 2.45) is 5.92 Å². The van der Waals surface area contributed by atoms with Crippen molar-refractivity contribution in [2.75, 3.05) is 19.6 Å². The highest BCUT2D eigenvalue weighted by molar-refractivity contribution is 5.68. The second-order valence-electron chi connectivity index (χ2n) is 7.07. The molecule has 19 heavy (non-hydrogen) atoms. The highest BCUT2D eigenvalue weighted by Gasteiger charge is 2.35. The minimum Gasteiger partial charge on any atom is -0.444 e. The van der Waals surface area contributed by atoms with Crippen molar-refractivity contribution < 1.29 is 9.53 Å². The van der Waals surface area contributed by atoms with E-state index in [0.717, 1.165) is 19.6 Å². The first-order chi connectivity index (χ1) is 8.61. The zero-order valence-corrected chi connectivity index (χ0v) is 13.6. The number of amides is 1. The number of rotatable bonds is 2. The molecular formula is C15H30N2O2. The van der Waals surface area contributed by atoms with Gasteiger partial charge in [-0.2, -0.15) is 0 Å². The molecule has 0 bridgehead atoms. The fourth-order valence-corrected chi connectivity index (χ4v) is 2.42. The predicted molar refractivity (Wildman–Crippen MR) is 78.3 cm³/mol. The second kappa shape index (κ2) is 6.12. The van der Waals surface area contributed by atoms with Gasteiger partial charge in [0.1, 0.15) is 5.60 Å². The Morgan fingerprint density at radius 2 is 1.74 bits per heavy atom. The van der Waals surface area contributed by atoms with E-state index in [0.29, 0.717) is 12.0 Å². The smallest absolute Gasteiger partial charge is 0.410 e. The molecule has 0 spiro atoms. The average molecular weight is 270 g/mol. The molecule has 1 saturated heterocycles. The maximum absolute atomic E-state index is 12.3. The molecule has 0 aromatic carbocycles. The predicted octanol–water partition coefficient (Wildman–Crippen LogP) is 2.97. The van der Waals surface area contributed by atoms with E-state index < -0.39 is 5.60 Å². The molecule has 4 nitrogen and oxygen atoms in total. The minimum absolute atomic E-state index is 0.172. The van der Waals surface area contributed by atoms with Crippen LogP contribution >= 0.6 is 0 Å². The molecule has 4 heteroatoms. The van der Waals surface area contributed by atoms with Crippen LogP contribution in [0.5, 0.6) is 0 Å². The van der Waals surface area contributed by atoms with Gasteiger partial charge in [-0.15, -0.1) is 0 Å². The van der Waals surface area contributed by atoms with Crippen LogP contribution in [-0.2, 0) is 4.74 Å². The van der Waals surface area contributed by atoms with Gasteiger partial charge in [0, 0.05) is 25.7 Å². The number of hydrogen-bond acceptors (Lipinski definition) is 3. The van der Waals surface area contributed by atoms with E-state index in [1.165, 1.54) is 0 Å². The molecule has 1 atom stereocenters. The summed E-state index contributed by atoms with van der Waals surface area (Å²) in [5.41, 5.74) is -0.423. The van der Waals surface area contributed by atoms with E-state index >= 15 is 0 Å². The quantitative estimate of drug-likeness (QED) is 0.773. The molecule has 1 amide bonds. The Bertz CT molecular complexity index is 308. The molecular weight excluding hydrogens is 240 g/mol. The SMILES string of the molecule is CC(C)C1CN(C(C)C)CCN1C(=O)OC(C)(C)C. The molecule has 112 valence electrons. The molecule has 1 heterocycles. The van der Waals surface area contributed by atoms with Crippen LogP contribution in [0.4, 0.5) is 4.79 Å². The van der Waals surface area contributed by atoms with Gasteiger partial charge in [-0.25, -0.2) is 4.79 Å². The first-order valence-corrected chi connectivity index (χ1v) is 7.35. The van der Waals surface area contributed by atoms with E-state index in [1.807, 2.05) is 25.7 Å². The second-order valence-corrected chi connectivity index (χ2v) is 7.07. The molecule has 0 aromatic heterocycles. The van der Waals surface area contributed by atoms with Gasteiger partial charge in [0.15, 0.2) is 0 Å². The minimum atomic E-state index is -0.423. The molecule has 0 radical (unpaired) electrons. The topological polar surface area (TPSA) is 32.8 Å². The molecule has 1 aliphatic rings. The third-order valence-electron chi connectivity index (χ3n) is 3.58. The van der Waals surface area contributed by atoms with E-state index in [9.17, 15) is 4.79 Å². The Hall–Kier alpha value is -0.770. The lowest BCUT2D eigenvalue weighted by molar-refractivity contribution is -0.0139. The van der Waals surface area contributed by atoms with Crippen LogP contribution in [-0.4, -0.2) is 53.2 Å². The molecule has 0 aliphatic carbocycles. The van der Waals surface area contributed by atoms with Gasteiger partial charge in [-0.3, -0.25) is 4.90 Å². The van der Waals surface area contributed by atoms with Crippen LogP contribution in [0.3, 0.4) is 0 Å². The number of carbonyl (C=O) groups is 1. The maximum atomic E-state index is 12.3. The highest BCUT2D eigenvalue weighted by Crippen LogP contribution is 2.21. The van der Waals surface area contributed by atoms with Crippen LogP contribution in [0.25, 0.3) is 0 Å². The van der Waals surface area contributed by atoms with Gasteiger partial charge < -0.3 is 9.64 Å². The van der Waals surface area contributed by atoms with Crippen molar-refractivity contribution in [1.82, 2.24) is 9.80 Å². The van der Waals surface area contributed by atoms with Crippen molar-refractivity contribution in [1.29, 1.82) is 0 Å². The summed E-state index contributed by atoms with van der Waals surface area (Å²) in [7, 11) is 0. The Morgan fingerprint density at radius 1 is 1.16 bits per heavy atom. The van der Waals surface area contributed by atoms with Crippen LogP contribution in [0.2, 0.25) is 0 Å². The van der Waals surface area contributed by atoms with Crippen molar-refractivity contribution in [2.45, 2.75) is 66.2 Å². The monoisotopic (exact) mass is 270 g/mol. The Labute approximate surface area is 118 Å². The third kappa shape index (κ3) is 4.68. The maximum Gasteiger partial charge on any atom is 0.410 e. The van der Waals surface area contributed by atoms with Gasteiger partial charge in [-0.05, 0) is 40.5 Å². The van der Waals surface area contributed by atoms with Crippen molar-refractivity contribution in [3.8, 4) is 0 Å². The number of piperazine rings is 1. The van der Waals surface area contributed by atoms with Gasteiger partial charge in [0.25, 0.3) is 0 Å². The molecule has 1 aliphatic heterocycles. The van der Waals surface area contributed by atoms with Crippen molar-refractivity contribution in [3.05, 3.63) is 0 Å². The van der Waals surface area contributed by atoms with E-state index in [2.05, 4.69) is 32.6 Å². The van der Waals surface area contributed by atoms with E-state index in [1.54, 1.807) is 0 Å². The van der Waals surface area contributed by atoms with Crippen molar-refractivity contribution in [3.63, 3.8) is 0 Å². The van der Waals surface area contributed by atoms with Crippen LogP contribution in [0, 0.1) is 5.92 Å². The lowest BCUT2D eigenvalue weighted by Gasteiger charge is -2.44. The van der Waals surface area contributed by atoms with Crippen LogP contribution in [0.15, 0.2) is 0 Å². The molecule has 0 saturated carbocycles. The molecule has 0 N–H and O–H groups in total. The third-order valence-corrected chi connectivity index (χ3v) is 3.58. The Morgan fingerprint density at radius 3 is 2.16 bits per heavy atom. The summed E-state index contributed by atoms with van der Waals surface area (Å²) in [4.78, 5) is 16.6. The van der Waals surface area contributed by atoms with Gasteiger partial charge >= 0.3 is 6.09 Å². The summed E-state index contributed by atoms with van der Waals surface area (Å²) in [5, 5.41) is 0. The van der Waals surface area contributed by atoms with Gasteiger partial charge in [0.2, 0.25) is 0 Å². The van der Waals surface area contributed by atoms with E-state index in [4.69, 9.17) is 4.74 Å². The van der Waals surface area contributed by atoms with Crippen LogP contribution < -0.4 is 0 Å². The van der Waals surface area contributed by atoms with Gasteiger partial charge in [0.05, 0.1) is 6.04 Å². The lowest BCUT2D eigenvalue weighted by Crippen LogP contribution is -2.59. The zero-order valence-electron chi connectivity index (χ0n) is 13.6. The Kier molecular flexibility index (Phi) is 5.25. The first-order valence-electron chi connectivity index (χ1n) is 7.35. The van der Waals surface area contributed by atoms with Crippen molar-refractivity contribution >= 4 is 6.09 Å². The molecule has 1 rings (SSSR count). The fourth-order valence-electron chi connectivity index (χ4n) is 2.42. The summed E-state index contributed by atoms with van der Waals surface area (Å²) >= 11 is 0. The summed E-state index contributed by atoms with van der Waals surface area (Å²) in [5.74, 6) is 0.439. The first kappa shape index (κ1) is 16.3. The summed E-state index contributed by atoms with van der Waals surface area (Å²) < 4.78 is 5.52. The highest BCUT2D eigenvalue weighted by atomic mass is 16.6. The summed E-state index contributed by atoms with van der Waals surface area (Å²) in [6, 6.07) is 0.771. The fraction of sp³-hybridized carbons (Fsp3) is 0.933. The molecule has 1 unspecified atom stereocenters. The summed E-state index contributed by atoms with van der Waals surface area (Å²) in [6.45, 7) is 17.1. The standard InChI is InChI=1S/C15H30N2O2/c1-11(2)13-10-16(12(3)4)8-9-17(13)14(18)19-15(5,6)7/h11-13H,8-10H2,1-7H3. The van der Waals surface area contributed by atoms with E-state index in [-0.39, 0.29) is 12.1 Å². The molecule has 1 fully saturated rings. The number of ether oxygens (including phenoxy) is 1. The van der Waals surface area contributed by atoms with Gasteiger partial charge in [-0.1, -0.05) is 13.8 Å². The number of hydrogen-bond donors (Lipinski definition) is 0. The number of nitrogens with zero attached hydrogens (tertiary/aromatic N) is 2.